The van der Waals surface area contributed by atoms with Crippen LogP contribution in [0.25, 0.3) is 0 Å². The maximum Gasteiger partial charge on any atom is 0.242 e. The van der Waals surface area contributed by atoms with Gasteiger partial charge in [0.2, 0.25) is 5.91 Å². The van der Waals surface area contributed by atoms with E-state index >= 15 is 0 Å². The molecule has 0 radical (unpaired) electrons. The highest BCUT2D eigenvalue weighted by Gasteiger charge is 2.25. The summed E-state index contributed by atoms with van der Waals surface area (Å²) < 4.78 is 5.08. The van der Waals surface area contributed by atoms with Gasteiger partial charge in [-0.15, -0.1) is 0 Å². The third kappa shape index (κ3) is 3.06. The highest BCUT2D eigenvalue weighted by atomic mass is 16.5. The van der Waals surface area contributed by atoms with Crippen LogP contribution < -0.4 is 21.1 Å². The zero-order valence-electron chi connectivity index (χ0n) is 10.7. The molecule has 0 heterocycles. The van der Waals surface area contributed by atoms with Gasteiger partial charge in [-0.2, -0.15) is 0 Å². The van der Waals surface area contributed by atoms with Crippen LogP contribution in [0.15, 0.2) is 18.2 Å². The van der Waals surface area contributed by atoms with E-state index in [9.17, 15) is 4.79 Å². The predicted molar refractivity (Wildman–Crippen MR) is 71.7 cm³/mol. The first-order valence-corrected chi connectivity index (χ1v) is 6.10. The first kappa shape index (κ1) is 12.5. The van der Waals surface area contributed by atoms with E-state index in [4.69, 9.17) is 10.5 Å². The second-order valence-corrected chi connectivity index (χ2v) is 4.60. The fraction of sp³-hybridized carbons (Fsp3) is 0.462. The van der Waals surface area contributed by atoms with Gasteiger partial charge in [0.05, 0.1) is 18.5 Å². The molecule has 98 valence electrons. The number of carbonyl (C=O) groups excluding carboxylic acids is 1. The van der Waals surface area contributed by atoms with Crippen molar-refractivity contribution in [1.82, 2.24) is 5.32 Å². The lowest BCUT2D eigenvalue weighted by Gasteiger charge is -2.17. The molecule has 0 saturated heterocycles. The molecule has 4 N–H and O–H groups in total. The van der Waals surface area contributed by atoms with Gasteiger partial charge in [-0.3, -0.25) is 4.79 Å². The molecule has 0 bridgehead atoms. The van der Waals surface area contributed by atoms with Crippen LogP contribution in [-0.4, -0.2) is 25.1 Å². The van der Waals surface area contributed by atoms with E-state index in [0.717, 1.165) is 18.5 Å². The van der Waals surface area contributed by atoms with Crippen LogP contribution in [0.1, 0.15) is 19.8 Å². The second kappa shape index (κ2) is 5.16. The Bertz CT molecular complexity index is 444. The van der Waals surface area contributed by atoms with Gasteiger partial charge < -0.3 is 21.1 Å². The SMILES string of the molecule is COc1ccc(NC(C)C(=O)NC2CC2)c(N)c1. The minimum absolute atomic E-state index is 0.00715. The zero-order valence-corrected chi connectivity index (χ0v) is 10.7. The number of amides is 1. The Kier molecular flexibility index (Phi) is 3.60. The van der Waals surface area contributed by atoms with Crippen molar-refractivity contribution in [2.24, 2.45) is 0 Å². The van der Waals surface area contributed by atoms with E-state index in [1.54, 1.807) is 13.2 Å². The lowest BCUT2D eigenvalue weighted by Crippen LogP contribution is -2.38. The molecule has 1 amide bonds. The van der Waals surface area contributed by atoms with Gasteiger partial charge in [0, 0.05) is 12.1 Å². The molecule has 1 aliphatic carbocycles. The molecule has 0 aromatic heterocycles. The lowest BCUT2D eigenvalue weighted by molar-refractivity contribution is -0.121. The van der Waals surface area contributed by atoms with E-state index in [1.807, 2.05) is 19.1 Å². The monoisotopic (exact) mass is 249 g/mol. The number of nitrogens with one attached hydrogen (secondary N) is 2. The highest BCUT2D eigenvalue weighted by Crippen LogP contribution is 2.25. The van der Waals surface area contributed by atoms with Crippen molar-refractivity contribution < 1.29 is 9.53 Å². The Hall–Kier alpha value is -1.91. The Morgan fingerprint density at radius 2 is 2.22 bits per heavy atom. The molecule has 5 nitrogen and oxygen atoms in total. The number of nitrogen functional groups attached to an aromatic ring is 1. The van der Waals surface area contributed by atoms with Gasteiger partial charge in [0.1, 0.15) is 11.8 Å². The smallest absolute Gasteiger partial charge is 0.242 e. The van der Waals surface area contributed by atoms with Crippen LogP contribution in [0.4, 0.5) is 11.4 Å². The number of methoxy groups -OCH3 is 1. The van der Waals surface area contributed by atoms with Crippen LogP contribution in [0.2, 0.25) is 0 Å². The summed E-state index contributed by atoms with van der Waals surface area (Å²) in [6.07, 6.45) is 2.17. The number of hydrogen-bond acceptors (Lipinski definition) is 4. The van der Waals surface area contributed by atoms with Crippen LogP contribution in [0.5, 0.6) is 5.75 Å². The van der Waals surface area contributed by atoms with Gasteiger partial charge in [-0.1, -0.05) is 0 Å². The van der Waals surface area contributed by atoms with Gasteiger partial charge in [-0.05, 0) is 31.9 Å². The maximum atomic E-state index is 11.8. The number of carbonyl (C=O) groups is 1. The van der Waals surface area contributed by atoms with Crippen LogP contribution in [0, 0.1) is 0 Å². The summed E-state index contributed by atoms with van der Waals surface area (Å²) in [6, 6.07) is 5.42. The number of anilines is 2. The van der Waals surface area contributed by atoms with E-state index in [0.29, 0.717) is 17.5 Å². The van der Waals surface area contributed by atoms with Gasteiger partial charge in [0.25, 0.3) is 0 Å². The summed E-state index contributed by atoms with van der Waals surface area (Å²) in [5, 5.41) is 6.05. The fourth-order valence-electron chi connectivity index (χ4n) is 1.65. The van der Waals surface area contributed by atoms with Gasteiger partial charge >= 0.3 is 0 Å². The molecule has 18 heavy (non-hydrogen) atoms. The molecule has 1 atom stereocenters. The number of rotatable bonds is 5. The molecular formula is C13H19N3O2. The summed E-state index contributed by atoms with van der Waals surface area (Å²) >= 11 is 0. The lowest BCUT2D eigenvalue weighted by atomic mass is 10.2. The standard InChI is InChI=1S/C13H19N3O2/c1-8(13(17)16-9-3-4-9)15-12-6-5-10(18-2)7-11(12)14/h5-9,15H,3-4,14H2,1-2H3,(H,16,17). The average Bonchev–Trinajstić information content (AvgIpc) is 3.15. The normalized spacial score (nSPS) is 15.9. The summed E-state index contributed by atoms with van der Waals surface area (Å²) in [5.74, 6) is 0.709. The topological polar surface area (TPSA) is 76.4 Å². The highest BCUT2D eigenvalue weighted by molar-refractivity contribution is 5.86. The summed E-state index contributed by atoms with van der Waals surface area (Å²) in [6.45, 7) is 1.82. The van der Waals surface area contributed by atoms with E-state index in [2.05, 4.69) is 10.6 Å². The zero-order chi connectivity index (χ0) is 13.1. The van der Waals surface area contributed by atoms with Crippen molar-refractivity contribution >= 4 is 17.3 Å². The quantitative estimate of drug-likeness (QED) is 0.689. The van der Waals surface area contributed by atoms with Crippen molar-refractivity contribution in [3.63, 3.8) is 0 Å². The van der Waals surface area contributed by atoms with Crippen LogP contribution in [0.3, 0.4) is 0 Å². The Labute approximate surface area is 107 Å². The van der Waals surface area contributed by atoms with Crippen molar-refractivity contribution in [3.8, 4) is 5.75 Å². The first-order valence-electron chi connectivity index (χ1n) is 6.10. The summed E-state index contributed by atoms with van der Waals surface area (Å²) in [4.78, 5) is 11.8. The Morgan fingerprint density at radius 1 is 1.50 bits per heavy atom. The molecular weight excluding hydrogens is 230 g/mol. The fourth-order valence-corrected chi connectivity index (χ4v) is 1.65. The molecule has 1 aromatic carbocycles. The van der Waals surface area contributed by atoms with Crippen molar-refractivity contribution in [2.45, 2.75) is 31.8 Å². The third-order valence-corrected chi connectivity index (χ3v) is 2.95. The molecule has 2 rings (SSSR count). The molecule has 5 heteroatoms. The number of ether oxygens (including phenoxy) is 1. The Balaban J connectivity index is 1.96. The second-order valence-electron chi connectivity index (χ2n) is 4.60. The number of benzene rings is 1. The van der Waals surface area contributed by atoms with Crippen molar-refractivity contribution in [3.05, 3.63) is 18.2 Å². The molecule has 1 aromatic rings. The Morgan fingerprint density at radius 3 is 2.78 bits per heavy atom. The predicted octanol–water partition coefficient (Wildman–Crippen LogP) is 1.36. The summed E-state index contributed by atoms with van der Waals surface area (Å²) in [5.41, 5.74) is 7.20. The van der Waals surface area contributed by atoms with Gasteiger partial charge in [-0.25, -0.2) is 0 Å². The van der Waals surface area contributed by atoms with Crippen molar-refractivity contribution in [1.29, 1.82) is 0 Å². The molecule has 1 aliphatic rings. The van der Waals surface area contributed by atoms with E-state index in [-0.39, 0.29) is 11.9 Å². The van der Waals surface area contributed by atoms with Crippen LogP contribution in [-0.2, 0) is 4.79 Å². The first-order chi connectivity index (χ1) is 8.60. The van der Waals surface area contributed by atoms with E-state index in [1.165, 1.54) is 0 Å². The average molecular weight is 249 g/mol. The number of nitrogens with two attached hydrogens (primary N) is 1. The molecule has 0 aliphatic heterocycles. The number of hydrogen-bond donors (Lipinski definition) is 3. The molecule has 1 saturated carbocycles. The minimum Gasteiger partial charge on any atom is -0.497 e. The molecule has 1 unspecified atom stereocenters. The summed E-state index contributed by atoms with van der Waals surface area (Å²) in [7, 11) is 1.59. The molecule has 1 fully saturated rings. The van der Waals surface area contributed by atoms with Crippen LogP contribution >= 0.6 is 0 Å². The minimum atomic E-state index is -0.304. The van der Waals surface area contributed by atoms with Crippen molar-refractivity contribution in [2.75, 3.05) is 18.2 Å². The largest absolute Gasteiger partial charge is 0.497 e. The van der Waals surface area contributed by atoms with Gasteiger partial charge in [0.15, 0.2) is 0 Å². The third-order valence-electron chi connectivity index (χ3n) is 2.95. The molecule has 0 spiro atoms. The van der Waals surface area contributed by atoms with E-state index < -0.39 is 0 Å². The maximum absolute atomic E-state index is 11.8.